The molecule has 0 atom stereocenters. The molecule has 2 nitrogen and oxygen atoms in total. The van der Waals surface area contributed by atoms with Crippen molar-refractivity contribution in [3.8, 4) is 5.75 Å². The molecule has 0 heterocycles. The van der Waals surface area contributed by atoms with E-state index in [2.05, 4.69) is 0 Å². The van der Waals surface area contributed by atoms with Gasteiger partial charge in [0.1, 0.15) is 0 Å². The van der Waals surface area contributed by atoms with Crippen molar-refractivity contribution in [2.24, 2.45) is 0 Å². The maximum Gasteiger partial charge on any atom is 0.156 e. The van der Waals surface area contributed by atoms with Crippen LogP contribution in [-0.2, 0) is 5.60 Å². The number of benzene rings is 1. The second-order valence-electron chi connectivity index (χ2n) is 4.22. The molecular weight excluding hydrogens is 282 g/mol. The van der Waals surface area contributed by atoms with E-state index in [-0.39, 0.29) is 0 Å². The SMILES string of the molecule is CC(C)(O)c1cc(Cl)c(OCCCCl)c(Cl)c1. The molecule has 96 valence electrons. The first kappa shape index (κ1) is 14.9. The molecule has 0 amide bonds. The van der Waals surface area contributed by atoms with Gasteiger partial charge in [-0.05, 0) is 38.0 Å². The lowest BCUT2D eigenvalue weighted by molar-refractivity contribution is 0.0785. The van der Waals surface area contributed by atoms with Crippen LogP contribution in [0.5, 0.6) is 5.75 Å². The third-order valence-electron chi connectivity index (χ3n) is 2.23. The third-order valence-corrected chi connectivity index (χ3v) is 3.06. The van der Waals surface area contributed by atoms with Gasteiger partial charge in [0.25, 0.3) is 0 Å². The van der Waals surface area contributed by atoms with Gasteiger partial charge >= 0.3 is 0 Å². The van der Waals surface area contributed by atoms with Crippen LogP contribution in [0.2, 0.25) is 10.0 Å². The van der Waals surface area contributed by atoms with Crippen LogP contribution < -0.4 is 4.74 Å². The molecule has 1 aromatic carbocycles. The molecule has 0 aliphatic rings. The van der Waals surface area contributed by atoms with Crippen molar-refractivity contribution in [1.29, 1.82) is 0 Å². The van der Waals surface area contributed by atoms with E-state index in [9.17, 15) is 5.11 Å². The van der Waals surface area contributed by atoms with E-state index in [0.29, 0.717) is 33.8 Å². The van der Waals surface area contributed by atoms with E-state index in [1.54, 1.807) is 26.0 Å². The van der Waals surface area contributed by atoms with Gasteiger partial charge < -0.3 is 9.84 Å². The van der Waals surface area contributed by atoms with Gasteiger partial charge in [0.05, 0.1) is 22.3 Å². The predicted octanol–water partition coefficient (Wildman–Crippen LogP) is 4.23. The Balaban J connectivity index is 2.95. The van der Waals surface area contributed by atoms with Crippen LogP contribution in [0.1, 0.15) is 25.8 Å². The summed E-state index contributed by atoms with van der Waals surface area (Å²) in [5, 5.41) is 10.7. The highest BCUT2D eigenvalue weighted by Crippen LogP contribution is 2.37. The average molecular weight is 298 g/mol. The van der Waals surface area contributed by atoms with Gasteiger partial charge in [-0.15, -0.1) is 11.6 Å². The fourth-order valence-corrected chi connectivity index (χ4v) is 1.99. The lowest BCUT2D eigenvalue weighted by Gasteiger charge is -2.20. The van der Waals surface area contributed by atoms with Crippen molar-refractivity contribution in [3.05, 3.63) is 27.7 Å². The second-order valence-corrected chi connectivity index (χ2v) is 5.41. The quantitative estimate of drug-likeness (QED) is 0.651. The van der Waals surface area contributed by atoms with Crippen molar-refractivity contribution in [1.82, 2.24) is 0 Å². The lowest BCUT2D eigenvalue weighted by atomic mass is 9.98. The van der Waals surface area contributed by atoms with Gasteiger partial charge in [-0.25, -0.2) is 0 Å². The molecular formula is C12H15Cl3O2. The highest BCUT2D eigenvalue weighted by Gasteiger charge is 2.20. The van der Waals surface area contributed by atoms with Gasteiger partial charge in [0.15, 0.2) is 5.75 Å². The van der Waals surface area contributed by atoms with E-state index in [1.807, 2.05) is 0 Å². The lowest BCUT2D eigenvalue weighted by Crippen LogP contribution is -2.15. The van der Waals surface area contributed by atoms with Gasteiger partial charge in [0.2, 0.25) is 0 Å². The molecule has 0 radical (unpaired) electrons. The normalized spacial score (nSPS) is 11.6. The molecule has 5 heteroatoms. The molecule has 1 rings (SSSR count). The van der Waals surface area contributed by atoms with Crippen LogP contribution in [0.15, 0.2) is 12.1 Å². The van der Waals surface area contributed by atoms with Crippen LogP contribution in [0.3, 0.4) is 0 Å². The highest BCUT2D eigenvalue weighted by atomic mass is 35.5. The van der Waals surface area contributed by atoms with E-state index in [1.165, 1.54) is 0 Å². The molecule has 1 N–H and O–H groups in total. The maximum absolute atomic E-state index is 9.87. The summed E-state index contributed by atoms with van der Waals surface area (Å²) in [4.78, 5) is 0. The Morgan fingerprint density at radius 2 is 1.76 bits per heavy atom. The molecule has 0 aromatic heterocycles. The zero-order valence-electron chi connectivity index (χ0n) is 9.77. The average Bonchev–Trinajstić information content (AvgIpc) is 2.20. The maximum atomic E-state index is 9.87. The van der Waals surface area contributed by atoms with Gasteiger partial charge in [0, 0.05) is 5.88 Å². The van der Waals surface area contributed by atoms with Crippen molar-refractivity contribution in [2.75, 3.05) is 12.5 Å². The summed E-state index contributed by atoms with van der Waals surface area (Å²) in [5.74, 6) is 0.961. The number of ether oxygens (including phenoxy) is 1. The molecule has 0 bridgehead atoms. The molecule has 1 aromatic rings. The van der Waals surface area contributed by atoms with Crippen molar-refractivity contribution >= 4 is 34.8 Å². The molecule has 0 spiro atoms. The number of hydrogen-bond donors (Lipinski definition) is 1. The summed E-state index contributed by atoms with van der Waals surface area (Å²) in [6.07, 6.45) is 0.724. The molecule has 0 aliphatic heterocycles. The standard InChI is InChI=1S/C12H15Cl3O2/c1-12(2,16)8-6-9(14)11(10(15)7-8)17-5-3-4-13/h6-7,16H,3-5H2,1-2H3. The Morgan fingerprint density at radius 3 is 2.18 bits per heavy atom. The van der Waals surface area contributed by atoms with Crippen molar-refractivity contribution in [2.45, 2.75) is 25.9 Å². The van der Waals surface area contributed by atoms with Gasteiger partial charge in [-0.1, -0.05) is 23.2 Å². The van der Waals surface area contributed by atoms with E-state index >= 15 is 0 Å². The molecule has 17 heavy (non-hydrogen) atoms. The molecule has 0 unspecified atom stereocenters. The van der Waals surface area contributed by atoms with E-state index < -0.39 is 5.60 Å². The van der Waals surface area contributed by atoms with Crippen LogP contribution in [0, 0.1) is 0 Å². The topological polar surface area (TPSA) is 29.5 Å². The smallest absolute Gasteiger partial charge is 0.156 e. The van der Waals surface area contributed by atoms with Crippen molar-refractivity contribution < 1.29 is 9.84 Å². The zero-order chi connectivity index (χ0) is 13.1. The largest absolute Gasteiger partial charge is 0.490 e. The summed E-state index contributed by atoms with van der Waals surface area (Å²) in [7, 11) is 0. The zero-order valence-corrected chi connectivity index (χ0v) is 12.0. The minimum atomic E-state index is -0.984. The summed E-state index contributed by atoms with van der Waals surface area (Å²) in [6, 6.07) is 3.31. The fourth-order valence-electron chi connectivity index (χ4n) is 1.28. The monoisotopic (exact) mass is 296 g/mol. The number of halogens is 3. The van der Waals surface area contributed by atoms with Crippen LogP contribution in [0.4, 0.5) is 0 Å². The van der Waals surface area contributed by atoms with Crippen LogP contribution in [-0.4, -0.2) is 17.6 Å². The Bertz CT molecular complexity index is 363. The number of aliphatic hydroxyl groups is 1. The summed E-state index contributed by atoms with van der Waals surface area (Å²) in [5.41, 5.74) is -0.334. The number of hydrogen-bond acceptors (Lipinski definition) is 2. The summed E-state index contributed by atoms with van der Waals surface area (Å²) < 4.78 is 5.45. The van der Waals surface area contributed by atoms with Gasteiger partial charge in [-0.3, -0.25) is 0 Å². The molecule has 0 saturated heterocycles. The van der Waals surface area contributed by atoms with E-state index in [0.717, 1.165) is 6.42 Å². The highest BCUT2D eigenvalue weighted by molar-refractivity contribution is 6.37. The Morgan fingerprint density at radius 1 is 1.24 bits per heavy atom. The summed E-state index contributed by atoms with van der Waals surface area (Å²) in [6.45, 7) is 3.80. The first-order chi connectivity index (χ1) is 7.86. The first-order valence-electron chi connectivity index (χ1n) is 5.27. The van der Waals surface area contributed by atoms with Gasteiger partial charge in [-0.2, -0.15) is 0 Å². The number of alkyl halides is 1. The molecule has 0 fully saturated rings. The third kappa shape index (κ3) is 4.22. The minimum absolute atomic E-state index is 0.393. The Kier molecular flexibility index (Phi) is 5.39. The van der Waals surface area contributed by atoms with Crippen LogP contribution in [0.25, 0.3) is 0 Å². The van der Waals surface area contributed by atoms with Crippen molar-refractivity contribution in [3.63, 3.8) is 0 Å². The van der Waals surface area contributed by atoms with E-state index in [4.69, 9.17) is 39.5 Å². The first-order valence-corrected chi connectivity index (χ1v) is 6.56. The second kappa shape index (κ2) is 6.14. The summed E-state index contributed by atoms with van der Waals surface area (Å²) >= 11 is 17.7. The fraction of sp³-hybridized carbons (Fsp3) is 0.500. The predicted molar refractivity (Wildman–Crippen MR) is 72.5 cm³/mol. The molecule has 0 aliphatic carbocycles. The van der Waals surface area contributed by atoms with Crippen LogP contribution >= 0.6 is 34.8 Å². The Labute approximate surface area is 116 Å². The molecule has 0 saturated carbocycles. The minimum Gasteiger partial charge on any atom is -0.490 e. The number of rotatable bonds is 5. The Hall–Kier alpha value is -0.150.